The molecule has 1 aliphatic heterocycles. The Morgan fingerprint density at radius 2 is 1.92 bits per heavy atom. The van der Waals surface area contributed by atoms with Gasteiger partial charge >= 0.3 is 0 Å². The highest BCUT2D eigenvalue weighted by atomic mass is 16.3. The van der Waals surface area contributed by atoms with Crippen molar-refractivity contribution in [3.05, 3.63) is 12.3 Å². The van der Waals surface area contributed by atoms with Crippen molar-refractivity contribution in [2.75, 3.05) is 13.1 Å². The van der Waals surface area contributed by atoms with Gasteiger partial charge in [-0.15, -0.1) is 0 Å². The fourth-order valence-electron chi connectivity index (χ4n) is 1.27. The van der Waals surface area contributed by atoms with Gasteiger partial charge in [0.1, 0.15) is 5.60 Å². The van der Waals surface area contributed by atoms with E-state index >= 15 is 0 Å². The Labute approximate surface area is 79.0 Å². The van der Waals surface area contributed by atoms with Crippen LogP contribution in [0.2, 0.25) is 0 Å². The Kier molecular flexibility index (Phi) is 3.09. The molecular weight excluding hydrogens is 166 g/mol. The summed E-state index contributed by atoms with van der Waals surface area (Å²) in [5, 5.41) is 9.34. The van der Waals surface area contributed by atoms with E-state index in [9.17, 15) is 9.90 Å². The van der Waals surface area contributed by atoms with Crippen molar-refractivity contribution in [2.45, 2.75) is 32.3 Å². The van der Waals surface area contributed by atoms with Crippen LogP contribution in [0.3, 0.4) is 0 Å². The molecule has 0 saturated carbocycles. The second kappa shape index (κ2) is 3.92. The standard InChI is InChI=1S/C10H17NO2/c1-10(2,13)9(12)5-8-11-6-3-4-7-11/h5,8,13H,3-4,6-7H2,1-2H3/b8-5+. The zero-order valence-electron chi connectivity index (χ0n) is 8.29. The van der Waals surface area contributed by atoms with Gasteiger partial charge in [-0.1, -0.05) is 0 Å². The molecule has 74 valence electrons. The molecule has 1 saturated heterocycles. The minimum Gasteiger partial charge on any atom is -0.382 e. The second-order valence-electron chi connectivity index (χ2n) is 3.98. The van der Waals surface area contributed by atoms with E-state index in [0.29, 0.717) is 0 Å². The van der Waals surface area contributed by atoms with Crippen molar-refractivity contribution >= 4 is 5.78 Å². The van der Waals surface area contributed by atoms with Gasteiger partial charge in [-0.3, -0.25) is 4.79 Å². The van der Waals surface area contributed by atoms with Crippen LogP contribution >= 0.6 is 0 Å². The lowest BCUT2D eigenvalue weighted by Crippen LogP contribution is -2.29. The predicted molar refractivity (Wildman–Crippen MR) is 51.3 cm³/mol. The number of likely N-dealkylation sites (tertiary alicyclic amines) is 1. The summed E-state index contributed by atoms with van der Waals surface area (Å²) in [6, 6.07) is 0. The third-order valence-corrected chi connectivity index (χ3v) is 2.18. The first-order chi connectivity index (χ1) is 6.00. The molecule has 0 aromatic rings. The Balaban J connectivity index is 2.43. The summed E-state index contributed by atoms with van der Waals surface area (Å²) in [5.41, 5.74) is -1.24. The topological polar surface area (TPSA) is 40.5 Å². The van der Waals surface area contributed by atoms with E-state index in [2.05, 4.69) is 4.90 Å². The Bertz CT molecular complexity index is 209. The smallest absolute Gasteiger partial charge is 0.188 e. The molecule has 3 heteroatoms. The number of aliphatic hydroxyl groups is 1. The molecule has 0 atom stereocenters. The van der Waals surface area contributed by atoms with Crippen LogP contribution in [0.15, 0.2) is 12.3 Å². The molecule has 0 aliphatic carbocycles. The molecule has 3 nitrogen and oxygen atoms in total. The summed E-state index contributed by atoms with van der Waals surface area (Å²) in [5.74, 6) is -0.237. The summed E-state index contributed by atoms with van der Waals surface area (Å²) < 4.78 is 0. The average molecular weight is 183 g/mol. The van der Waals surface area contributed by atoms with Gasteiger partial charge < -0.3 is 10.0 Å². The number of hydrogen-bond acceptors (Lipinski definition) is 3. The molecule has 0 radical (unpaired) electrons. The summed E-state index contributed by atoms with van der Waals surface area (Å²) in [6.07, 6.45) is 5.64. The Morgan fingerprint density at radius 3 is 2.38 bits per heavy atom. The average Bonchev–Trinajstić information content (AvgIpc) is 2.50. The molecule has 0 bridgehead atoms. The largest absolute Gasteiger partial charge is 0.382 e. The second-order valence-corrected chi connectivity index (χ2v) is 3.98. The van der Waals surface area contributed by atoms with Crippen molar-refractivity contribution < 1.29 is 9.90 Å². The van der Waals surface area contributed by atoms with Crippen LogP contribution < -0.4 is 0 Å². The lowest BCUT2D eigenvalue weighted by atomic mass is 10.0. The van der Waals surface area contributed by atoms with Crippen LogP contribution in [0.4, 0.5) is 0 Å². The fourth-order valence-corrected chi connectivity index (χ4v) is 1.27. The maximum Gasteiger partial charge on any atom is 0.188 e. The molecule has 1 heterocycles. The van der Waals surface area contributed by atoms with Crippen LogP contribution in [0.1, 0.15) is 26.7 Å². The highest BCUT2D eigenvalue weighted by Crippen LogP contribution is 2.09. The van der Waals surface area contributed by atoms with E-state index in [1.54, 1.807) is 6.20 Å². The van der Waals surface area contributed by atoms with Crippen molar-refractivity contribution in [3.8, 4) is 0 Å². The van der Waals surface area contributed by atoms with Gasteiger partial charge in [0.25, 0.3) is 0 Å². The highest BCUT2D eigenvalue weighted by molar-refractivity contribution is 5.95. The van der Waals surface area contributed by atoms with Crippen LogP contribution in [0.25, 0.3) is 0 Å². The van der Waals surface area contributed by atoms with Crippen molar-refractivity contribution in [3.63, 3.8) is 0 Å². The van der Waals surface area contributed by atoms with Gasteiger partial charge in [0.2, 0.25) is 0 Å². The third-order valence-electron chi connectivity index (χ3n) is 2.18. The number of rotatable bonds is 3. The van der Waals surface area contributed by atoms with E-state index in [4.69, 9.17) is 0 Å². The minimum atomic E-state index is -1.24. The molecule has 0 spiro atoms. The van der Waals surface area contributed by atoms with Crippen LogP contribution in [0, 0.1) is 0 Å². The Morgan fingerprint density at radius 1 is 1.38 bits per heavy atom. The molecule has 0 amide bonds. The maximum absolute atomic E-state index is 11.3. The predicted octanol–water partition coefficient (Wildman–Crippen LogP) is 0.936. The van der Waals surface area contributed by atoms with Crippen LogP contribution in [0.5, 0.6) is 0 Å². The van der Waals surface area contributed by atoms with Gasteiger partial charge in [0.05, 0.1) is 0 Å². The molecule has 0 unspecified atom stereocenters. The molecule has 1 fully saturated rings. The lowest BCUT2D eigenvalue weighted by Gasteiger charge is -2.14. The van der Waals surface area contributed by atoms with E-state index < -0.39 is 5.60 Å². The Hall–Kier alpha value is -0.830. The first-order valence-corrected chi connectivity index (χ1v) is 4.69. The molecule has 1 rings (SSSR count). The van der Waals surface area contributed by atoms with E-state index in [-0.39, 0.29) is 5.78 Å². The van der Waals surface area contributed by atoms with Gasteiger partial charge in [0, 0.05) is 25.4 Å². The first-order valence-electron chi connectivity index (χ1n) is 4.69. The molecular formula is C10H17NO2. The van der Waals surface area contributed by atoms with Gasteiger partial charge in [-0.25, -0.2) is 0 Å². The summed E-state index contributed by atoms with van der Waals surface area (Å²) in [7, 11) is 0. The van der Waals surface area contributed by atoms with Gasteiger partial charge in [0.15, 0.2) is 5.78 Å². The first kappa shape index (κ1) is 10.3. The fraction of sp³-hybridized carbons (Fsp3) is 0.700. The maximum atomic E-state index is 11.3. The monoisotopic (exact) mass is 183 g/mol. The zero-order valence-corrected chi connectivity index (χ0v) is 8.29. The van der Waals surface area contributed by atoms with Crippen molar-refractivity contribution in [1.29, 1.82) is 0 Å². The summed E-state index contributed by atoms with van der Waals surface area (Å²) in [6.45, 7) is 5.05. The van der Waals surface area contributed by atoms with Gasteiger partial charge in [-0.2, -0.15) is 0 Å². The number of ketones is 1. The van der Waals surface area contributed by atoms with E-state index in [1.165, 1.54) is 32.8 Å². The molecule has 0 aromatic carbocycles. The molecule has 0 aromatic heterocycles. The molecule has 1 N–H and O–H groups in total. The van der Waals surface area contributed by atoms with E-state index in [0.717, 1.165) is 13.1 Å². The minimum absolute atomic E-state index is 0.237. The normalized spacial score (nSPS) is 18.5. The molecule has 13 heavy (non-hydrogen) atoms. The lowest BCUT2D eigenvalue weighted by molar-refractivity contribution is -0.128. The third kappa shape index (κ3) is 3.19. The van der Waals surface area contributed by atoms with Crippen molar-refractivity contribution in [2.24, 2.45) is 0 Å². The number of hydrogen-bond donors (Lipinski definition) is 1. The summed E-state index contributed by atoms with van der Waals surface area (Å²) in [4.78, 5) is 13.4. The number of nitrogens with zero attached hydrogens (tertiary/aromatic N) is 1. The van der Waals surface area contributed by atoms with E-state index in [1.807, 2.05) is 0 Å². The summed E-state index contributed by atoms with van der Waals surface area (Å²) >= 11 is 0. The quantitative estimate of drug-likeness (QED) is 0.662. The number of carbonyl (C=O) groups is 1. The van der Waals surface area contributed by atoms with Crippen LogP contribution in [-0.2, 0) is 4.79 Å². The van der Waals surface area contributed by atoms with Crippen LogP contribution in [-0.4, -0.2) is 34.5 Å². The van der Waals surface area contributed by atoms with Gasteiger partial charge in [-0.05, 0) is 26.7 Å². The SMILES string of the molecule is CC(C)(O)C(=O)/C=C/N1CCCC1. The zero-order chi connectivity index (χ0) is 9.90. The number of carbonyl (C=O) groups excluding carboxylic acids is 1. The molecule has 1 aliphatic rings. The van der Waals surface area contributed by atoms with Crippen molar-refractivity contribution in [1.82, 2.24) is 4.90 Å². The highest BCUT2D eigenvalue weighted by Gasteiger charge is 2.21.